The average molecular weight is 410 g/mol. The van der Waals surface area contributed by atoms with Gasteiger partial charge < -0.3 is 9.64 Å². The van der Waals surface area contributed by atoms with Crippen LogP contribution in [0.4, 0.5) is 4.39 Å². The normalized spacial score (nSPS) is 17.2. The minimum Gasteiger partial charge on any atom is -0.478 e. The summed E-state index contributed by atoms with van der Waals surface area (Å²) in [6, 6.07) is 5.90. The first-order valence-electron chi connectivity index (χ1n) is 8.98. The Kier molecular flexibility index (Phi) is 5.99. The lowest BCUT2D eigenvalue weighted by atomic mass is 10.3. The van der Waals surface area contributed by atoms with Gasteiger partial charge in [-0.15, -0.1) is 0 Å². The van der Waals surface area contributed by atoms with Gasteiger partial charge in [-0.1, -0.05) is 12.1 Å². The van der Waals surface area contributed by atoms with Crippen LogP contribution < -0.4 is 4.74 Å². The Morgan fingerprint density at radius 3 is 2.64 bits per heavy atom. The molecule has 1 unspecified atom stereocenters. The van der Waals surface area contributed by atoms with Gasteiger partial charge in [0.1, 0.15) is 4.90 Å². The van der Waals surface area contributed by atoms with Gasteiger partial charge in [-0.05, 0) is 25.5 Å². The summed E-state index contributed by atoms with van der Waals surface area (Å²) in [6.45, 7) is 2.69. The van der Waals surface area contributed by atoms with Crippen LogP contribution in [0.1, 0.15) is 13.3 Å². The monoisotopic (exact) mass is 410 g/mol. The molecule has 2 heterocycles. The third-order valence-corrected chi connectivity index (χ3v) is 6.43. The molecule has 1 amide bonds. The van der Waals surface area contributed by atoms with Crippen molar-refractivity contribution in [1.29, 1.82) is 0 Å². The Hall–Kier alpha value is -2.46. The molecule has 0 bridgehead atoms. The molecule has 1 fully saturated rings. The van der Waals surface area contributed by atoms with E-state index in [0.29, 0.717) is 19.5 Å². The lowest BCUT2D eigenvalue weighted by molar-refractivity contribution is -0.137. The molecule has 1 aromatic carbocycles. The van der Waals surface area contributed by atoms with Gasteiger partial charge in [0, 0.05) is 39.4 Å². The average Bonchev–Trinajstić information content (AvgIpc) is 2.96. The molecule has 10 heteroatoms. The van der Waals surface area contributed by atoms with Crippen molar-refractivity contribution in [3.63, 3.8) is 0 Å². The minimum absolute atomic E-state index is 0.0129. The summed E-state index contributed by atoms with van der Waals surface area (Å²) in [6.07, 6.45) is 2.39. The first kappa shape index (κ1) is 20.3. The number of halogens is 1. The molecular formula is C18H23FN4O4S. The van der Waals surface area contributed by atoms with Gasteiger partial charge >= 0.3 is 0 Å². The predicted octanol–water partition coefficient (Wildman–Crippen LogP) is 1.25. The number of benzene rings is 1. The third-order valence-electron chi connectivity index (χ3n) is 4.57. The van der Waals surface area contributed by atoms with Gasteiger partial charge in [0.2, 0.25) is 10.0 Å². The quantitative estimate of drug-likeness (QED) is 0.741. The number of amides is 1. The van der Waals surface area contributed by atoms with Gasteiger partial charge in [0.25, 0.3) is 5.91 Å². The summed E-state index contributed by atoms with van der Waals surface area (Å²) >= 11 is 0. The molecule has 1 aliphatic rings. The Morgan fingerprint density at radius 1 is 1.21 bits per heavy atom. The van der Waals surface area contributed by atoms with Gasteiger partial charge in [-0.3, -0.25) is 9.48 Å². The van der Waals surface area contributed by atoms with E-state index in [-0.39, 0.29) is 29.6 Å². The van der Waals surface area contributed by atoms with Crippen molar-refractivity contribution in [2.45, 2.75) is 24.3 Å². The third kappa shape index (κ3) is 4.33. The van der Waals surface area contributed by atoms with E-state index < -0.39 is 21.9 Å². The van der Waals surface area contributed by atoms with Crippen LogP contribution in [-0.4, -0.2) is 65.6 Å². The maximum atomic E-state index is 13.7. The van der Waals surface area contributed by atoms with Crippen LogP contribution in [0, 0.1) is 5.82 Å². The van der Waals surface area contributed by atoms with Crippen LogP contribution in [0.5, 0.6) is 5.75 Å². The number of ether oxygens (including phenoxy) is 1. The van der Waals surface area contributed by atoms with E-state index in [9.17, 15) is 17.6 Å². The molecule has 2 aromatic rings. The van der Waals surface area contributed by atoms with E-state index in [4.69, 9.17) is 4.74 Å². The lowest BCUT2D eigenvalue weighted by Gasteiger charge is -2.25. The van der Waals surface area contributed by atoms with E-state index in [1.54, 1.807) is 31.0 Å². The zero-order valence-electron chi connectivity index (χ0n) is 15.8. The maximum absolute atomic E-state index is 13.7. The van der Waals surface area contributed by atoms with Crippen molar-refractivity contribution in [2.75, 3.05) is 26.2 Å². The predicted molar refractivity (Wildman–Crippen MR) is 99.7 cm³/mol. The molecule has 0 spiro atoms. The Morgan fingerprint density at radius 2 is 1.96 bits per heavy atom. The Balaban J connectivity index is 1.64. The molecule has 0 N–H and O–H groups in total. The van der Waals surface area contributed by atoms with E-state index >= 15 is 0 Å². The summed E-state index contributed by atoms with van der Waals surface area (Å²) in [7, 11) is -2.01. The minimum atomic E-state index is -3.66. The zero-order chi connectivity index (χ0) is 20.3. The molecule has 1 atom stereocenters. The van der Waals surface area contributed by atoms with Gasteiger partial charge in [0.05, 0.1) is 6.20 Å². The number of carbonyl (C=O) groups excluding carboxylic acids is 1. The molecular weight excluding hydrogens is 387 g/mol. The summed E-state index contributed by atoms with van der Waals surface area (Å²) in [5, 5.41) is 3.91. The van der Waals surface area contributed by atoms with Gasteiger partial charge in [-0.25, -0.2) is 12.8 Å². The highest BCUT2D eigenvalue weighted by Gasteiger charge is 2.31. The fourth-order valence-corrected chi connectivity index (χ4v) is 4.53. The SMILES string of the molecule is CC(Oc1ccccc1F)C(=O)N1CCCN(S(=O)(=O)c2cnn(C)c2)CC1. The van der Waals surface area contributed by atoms with Crippen molar-refractivity contribution >= 4 is 15.9 Å². The van der Waals surface area contributed by atoms with E-state index in [1.807, 2.05) is 0 Å². The van der Waals surface area contributed by atoms with Crippen molar-refractivity contribution in [3.05, 3.63) is 42.5 Å². The second-order valence-electron chi connectivity index (χ2n) is 6.62. The van der Waals surface area contributed by atoms with Crippen LogP contribution >= 0.6 is 0 Å². The number of nitrogens with zero attached hydrogens (tertiary/aromatic N) is 4. The molecule has 0 radical (unpaired) electrons. The summed E-state index contributed by atoms with van der Waals surface area (Å²) < 4.78 is 47.5. The molecule has 152 valence electrons. The standard InChI is InChI=1S/C18H23FN4O4S/c1-14(27-17-7-4-3-6-16(17)19)18(24)22-8-5-9-23(11-10-22)28(25,26)15-12-20-21(2)13-15/h3-4,6-7,12-14H,5,8-11H2,1-2H3. The van der Waals surface area contributed by atoms with Crippen LogP contribution in [0.15, 0.2) is 41.6 Å². The molecule has 1 aromatic heterocycles. The number of aromatic nitrogens is 2. The van der Waals surface area contributed by atoms with Crippen molar-refractivity contribution < 1.29 is 22.3 Å². The first-order valence-corrected chi connectivity index (χ1v) is 10.4. The molecule has 1 saturated heterocycles. The highest BCUT2D eigenvalue weighted by atomic mass is 32.2. The largest absolute Gasteiger partial charge is 0.478 e. The van der Waals surface area contributed by atoms with Crippen molar-refractivity contribution in [2.24, 2.45) is 7.05 Å². The molecule has 1 aliphatic heterocycles. The number of rotatable bonds is 5. The first-order chi connectivity index (χ1) is 13.3. The number of sulfonamides is 1. The fourth-order valence-electron chi connectivity index (χ4n) is 3.07. The van der Waals surface area contributed by atoms with E-state index in [1.165, 1.54) is 33.5 Å². The fraction of sp³-hybridized carbons (Fsp3) is 0.444. The molecule has 0 aliphatic carbocycles. The second-order valence-corrected chi connectivity index (χ2v) is 8.56. The second kappa shape index (κ2) is 8.27. The summed E-state index contributed by atoms with van der Waals surface area (Å²) in [5.41, 5.74) is 0. The topological polar surface area (TPSA) is 84.7 Å². The Labute approximate surface area is 163 Å². The van der Waals surface area contributed by atoms with Gasteiger partial charge in [0.15, 0.2) is 17.7 Å². The van der Waals surface area contributed by atoms with E-state index in [2.05, 4.69) is 5.10 Å². The smallest absolute Gasteiger partial charge is 0.263 e. The summed E-state index contributed by atoms with van der Waals surface area (Å²) in [4.78, 5) is 14.4. The number of carbonyl (C=O) groups is 1. The molecule has 0 saturated carbocycles. The van der Waals surface area contributed by atoms with Crippen molar-refractivity contribution in [1.82, 2.24) is 19.0 Å². The van der Waals surface area contributed by atoms with Crippen molar-refractivity contribution in [3.8, 4) is 5.75 Å². The molecule has 8 nitrogen and oxygen atoms in total. The molecule has 3 rings (SSSR count). The summed E-state index contributed by atoms with van der Waals surface area (Å²) in [5.74, 6) is -0.824. The highest BCUT2D eigenvalue weighted by molar-refractivity contribution is 7.89. The van der Waals surface area contributed by atoms with E-state index in [0.717, 1.165) is 0 Å². The maximum Gasteiger partial charge on any atom is 0.263 e. The Bertz CT molecular complexity index is 947. The molecule has 28 heavy (non-hydrogen) atoms. The zero-order valence-corrected chi connectivity index (χ0v) is 16.6. The van der Waals surface area contributed by atoms with Crippen LogP contribution in [0.2, 0.25) is 0 Å². The highest BCUT2D eigenvalue weighted by Crippen LogP contribution is 2.20. The van der Waals surface area contributed by atoms with Crippen LogP contribution in [0.25, 0.3) is 0 Å². The van der Waals surface area contributed by atoms with Gasteiger partial charge in [-0.2, -0.15) is 9.40 Å². The van der Waals surface area contributed by atoms with Crippen LogP contribution in [-0.2, 0) is 21.9 Å². The van der Waals surface area contributed by atoms with Crippen LogP contribution in [0.3, 0.4) is 0 Å². The number of aryl methyl sites for hydroxylation is 1. The number of hydrogen-bond acceptors (Lipinski definition) is 5. The number of para-hydroxylation sites is 1. The lowest BCUT2D eigenvalue weighted by Crippen LogP contribution is -2.43. The number of hydrogen-bond donors (Lipinski definition) is 0.